The van der Waals surface area contributed by atoms with Crippen LogP contribution in [0.2, 0.25) is 0 Å². The van der Waals surface area contributed by atoms with Gasteiger partial charge in [-0.25, -0.2) is 4.98 Å². The van der Waals surface area contributed by atoms with Gasteiger partial charge in [0.15, 0.2) is 0 Å². The van der Waals surface area contributed by atoms with Gasteiger partial charge in [-0.05, 0) is 6.07 Å². The van der Waals surface area contributed by atoms with Gasteiger partial charge in [-0.2, -0.15) is 0 Å². The van der Waals surface area contributed by atoms with Crippen LogP contribution in [0.4, 0.5) is 5.82 Å². The Labute approximate surface area is 124 Å². The maximum absolute atomic E-state index is 12.1. The smallest absolute Gasteiger partial charge is 0.230 e. The third-order valence-corrected chi connectivity index (χ3v) is 3.41. The Balaban J connectivity index is 2.01. The SMILES string of the molecule is CC(C)(C)C(=O)Nc1ncccc1CN[C@@H]1COC[C@@H]1O. The lowest BCUT2D eigenvalue weighted by molar-refractivity contribution is -0.123. The van der Waals surface area contributed by atoms with Crippen molar-refractivity contribution in [2.24, 2.45) is 5.41 Å². The second-order valence-corrected chi connectivity index (χ2v) is 6.31. The Morgan fingerprint density at radius 2 is 2.24 bits per heavy atom. The lowest BCUT2D eigenvalue weighted by Gasteiger charge is -2.20. The minimum atomic E-state index is -0.491. The van der Waals surface area contributed by atoms with Gasteiger partial charge in [-0.1, -0.05) is 26.8 Å². The predicted octanol–water partition coefficient (Wildman–Crippen LogP) is 0.915. The van der Waals surface area contributed by atoms with E-state index in [-0.39, 0.29) is 11.9 Å². The molecule has 1 fully saturated rings. The van der Waals surface area contributed by atoms with Crippen LogP contribution in [0.1, 0.15) is 26.3 Å². The molecule has 1 aromatic rings. The first-order valence-electron chi connectivity index (χ1n) is 7.12. The summed E-state index contributed by atoms with van der Waals surface area (Å²) in [6.07, 6.45) is 1.16. The third-order valence-electron chi connectivity index (χ3n) is 3.41. The summed E-state index contributed by atoms with van der Waals surface area (Å²) in [4.78, 5) is 16.3. The molecule has 0 radical (unpaired) electrons. The molecule has 0 aromatic carbocycles. The van der Waals surface area contributed by atoms with Crippen LogP contribution in [0.25, 0.3) is 0 Å². The summed E-state index contributed by atoms with van der Waals surface area (Å²) < 4.78 is 5.20. The first-order chi connectivity index (χ1) is 9.88. The molecular formula is C15H23N3O3. The second-order valence-electron chi connectivity index (χ2n) is 6.31. The fourth-order valence-corrected chi connectivity index (χ4v) is 1.97. The molecule has 0 spiro atoms. The van der Waals surface area contributed by atoms with E-state index in [1.807, 2.05) is 32.9 Å². The molecule has 3 N–H and O–H groups in total. The van der Waals surface area contributed by atoms with E-state index in [1.54, 1.807) is 6.20 Å². The van der Waals surface area contributed by atoms with Crippen molar-refractivity contribution >= 4 is 11.7 Å². The molecule has 0 aliphatic carbocycles. The van der Waals surface area contributed by atoms with Gasteiger partial charge in [0.1, 0.15) is 5.82 Å². The minimum Gasteiger partial charge on any atom is -0.389 e. The maximum atomic E-state index is 12.1. The van der Waals surface area contributed by atoms with Crippen molar-refractivity contribution in [3.8, 4) is 0 Å². The molecule has 2 atom stereocenters. The molecule has 116 valence electrons. The molecule has 0 saturated carbocycles. The monoisotopic (exact) mass is 293 g/mol. The molecular weight excluding hydrogens is 270 g/mol. The van der Waals surface area contributed by atoms with Crippen molar-refractivity contribution in [3.63, 3.8) is 0 Å². The highest BCUT2D eigenvalue weighted by Gasteiger charge is 2.26. The van der Waals surface area contributed by atoms with Crippen molar-refractivity contribution in [1.82, 2.24) is 10.3 Å². The molecule has 1 aromatic heterocycles. The van der Waals surface area contributed by atoms with E-state index in [0.717, 1.165) is 5.56 Å². The van der Waals surface area contributed by atoms with E-state index in [4.69, 9.17) is 4.74 Å². The Bertz CT molecular complexity index is 499. The van der Waals surface area contributed by atoms with Gasteiger partial charge in [-0.15, -0.1) is 0 Å². The zero-order chi connectivity index (χ0) is 15.5. The quantitative estimate of drug-likeness (QED) is 0.769. The first kappa shape index (κ1) is 15.9. The Hall–Kier alpha value is -1.50. The zero-order valence-electron chi connectivity index (χ0n) is 12.7. The van der Waals surface area contributed by atoms with Gasteiger partial charge >= 0.3 is 0 Å². The number of amides is 1. The number of carbonyl (C=O) groups excluding carboxylic acids is 1. The van der Waals surface area contributed by atoms with Crippen LogP contribution >= 0.6 is 0 Å². The first-order valence-corrected chi connectivity index (χ1v) is 7.12. The fraction of sp³-hybridized carbons (Fsp3) is 0.600. The molecule has 2 heterocycles. The topological polar surface area (TPSA) is 83.5 Å². The Morgan fingerprint density at radius 3 is 2.86 bits per heavy atom. The molecule has 1 saturated heterocycles. The number of hydrogen-bond donors (Lipinski definition) is 3. The number of aliphatic hydroxyl groups excluding tert-OH is 1. The van der Waals surface area contributed by atoms with Crippen LogP contribution < -0.4 is 10.6 Å². The highest BCUT2D eigenvalue weighted by molar-refractivity contribution is 5.94. The fourth-order valence-electron chi connectivity index (χ4n) is 1.97. The number of nitrogens with zero attached hydrogens (tertiary/aromatic N) is 1. The predicted molar refractivity (Wildman–Crippen MR) is 79.8 cm³/mol. The van der Waals surface area contributed by atoms with Crippen molar-refractivity contribution < 1.29 is 14.6 Å². The Morgan fingerprint density at radius 1 is 1.48 bits per heavy atom. The number of hydrogen-bond acceptors (Lipinski definition) is 5. The lowest BCUT2D eigenvalue weighted by Crippen LogP contribution is -2.38. The summed E-state index contributed by atoms with van der Waals surface area (Å²) in [6.45, 7) is 6.93. The van der Waals surface area contributed by atoms with Crippen LogP contribution in [-0.2, 0) is 16.1 Å². The van der Waals surface area contributed by atoms with Crippen LogP contribution in [-0.4, -0.2) is 41.4 Å². The average molecular weight is 293 g/mol. The summed E-state index contributed by atoms with van der Waals surface area (Å²) in [6, 6.07) is 3.64. The van der Waals surface area contributed by atoms with Crippen LogP contribution in [0.3, 0.4) is 0 Å². The third kappa shape index (κ3) is 4.23. The van der Waals surface area contributed by atoms with E-state index in [2.05, 4.69) is 15.6 Å². The number of carbonyl (C=O) groups is 1. The number of ether oxygens (including phenoxy) is 1. The van der Waals surface area contributed by atoms with E-state index >= 15 is 0 Å². The number of anilines is 1. The molecule has 0 unspecified atom stereocenters. The van der Waals surface area contributed by atoms with Crippen LogP contribution in [0.5, 0.6) is 0 Å². The number of nitrogens with one attached hydrogen (secondary N) is 2. The second kappa shape index (κ2) is 6.51. The molecule has 2 rings (SSSR count). The van der Waals surface area contributed by atoms with Crippen LogP contribution in [0, 0.1) is 5.41 Å². The summed E-state index contributed by atoms with van der Waals surface area (Å²) in [5.74, 6) is 0.477. The van der Waals surface area contributed by atoms with Crippen molar-refractivity contribution in [1.29, 1.82) is 0 Å². The normalized spacial score (nSPS) is 22.3. The van der Waals surface area contributed by atoms with E-state index in [1.165, 1.54) is 0 Å². The van der Waals surface area contributed by atoms with Gasteiger partial charge < -0.3 is 20.5 Å². The average Bonchev–Trinajstić information content (AvgIpc) is 2.82. The molecule has 1 amide bonds. The number of pyridine rings is 1. The molecule has 6 heteroatoms. The number of aromatic nitrogens is 1. The lowest BCUT2D eigenvalue weighted by atomic mass is 9.95. The minimum absolute atomic E-state index is 0.0771. The molecule has 1 aliphatic rings. The molecule has 6 nitrogen and oxygen atoms in total. The summed E-state index contributed by atoms with van der Waals surface area (Å²) in [7, 11) is 0. The molecule has 0 bridgehead atoms. The molecule has 21 heavy (non-hydrogen) atoms. The standard InChI is InChI=1S/C15H23N3O3/c1-15(2,3)14(20)18-13-10(5-4-6-16-13)7-17-11-8-21-9-12(11)19/h4-6,11-12,17,19H,7-9H2,1-3H3,(H,16,18,20)/t11-,12+/m1/s1. The summed E-state index contributed by atoms with van der Waals surface area (Å²) in [5.41, 5.74) is 0.409. The van der Waals surface area contributed by atoms with Gasteiger partial charge in [0, 0.05) is 23.7 Å². The highest BCUT2D eigenvalue weighted by atomic mass is 16.5. The maximum Gasteiger partial charge on any atom is 0.230 e. The largest absolute Gasteiger partial charge is 0.389 e. The van der Waals surface area contributed by atoms with Gasteiger partial charge in [0.25, 0.3) is 0 Å². The molecule has 1 aliphatic heterocycles. The number of aliphatic hydroxyl groups is 1. The van der Waals surface area contributed by atoms with Crippen molar-refractivity contribution in [2.45, 2.75) is 39.5 Å². The summed E-state index contributed by atoms with van der Waals surface area (Å²) >= 11 is 0. The van der Waals surface area contributed by atoms with Crippen LogP contribution in [0.15, 0.2) is 18.3 Å². The van der Waals surface area contributed by atoms with E-state index in [0.29, 0.717) is 25.6 Å². The number of rotatable bonds is 4. The zero-order valence-corrected chi connectivity index (χ0v) is 12.7. The van der Waals surface area contributed by atoms with Crippen molar-refractivity contribution in [2.75, 3.05) is 18.5 Å². The highest BCUT2D eigenvalue weighted by Crippen LogP contribution is 2.19. The van der Waals surface area contributed by atoms with Gasteiger partial charge in [0.05, 0.1) is 25.4 Å². The van der Waals surface area contributed by atoms with Gasteiger partial charge in [-0.3, -0.25) is 4.79 Å². The van der Waals surface area contributed by atoms with Crippen molar-refractivity contribution in [3.05, 3.63) is 23.9 Å². The van der Waals surface area contributed by atoms with E-state index < -0.39 is 11.5 Å². The Kier molecular flexibility index (Phi) is 4.92. The summed E-state index contributed by atoms with van der Waals surface area (Å²) in [5, 5.41) is 15.8. The van der Waals surface area contributed by atoms with Gasteiger partial charge in [0.2, 0.25) is 5.91 Å². The van der Waals surface area contributed by atoms with E-state index in [9.17, 15) is 9.90 Å².